The largest absolute Gasteiger partial charge is 0.326 e. The van der Waals surface area contributed by atoms with E-state index in [2.05, 4.69) is 17.6 Å². The first kappa shape index (κ1) is 16.2. The lowest BCUT2D eigenvalue weighted by atomic mass is 10.2. The Bertz CT molecular complexity index is 443. The van der Waals surface area contributed by atoms with E-state index in [9.17, 15) is 9.59 Å². The molecule has 0 bridgehead atoms. The molecule has 5 heteroatoms. The van der Waals surface area contributed by atoms with Crippen LogP contribution < -0.4 is 10.6 Å². The Labute approximate surface area is 120 Å². The van der Waals surface area contributed by atoms with Gasteiger partial charge in [0.1, 0.15) is 0 Å². The normalized spacial score (nSPS) is 10.4. The SMILES string of the molecule is CCCCN(C)CC(=O)Nc1ccc(NC(C)=O)cc1. The van der Waals surface area contributed by atoms with Crippen LogP contribution in [-0.2, 0) is 9.59 Å². The second kappa shape index (κ2) is 8.32. The van der Waals surface area contributed by atoms with Crippen LogP contribution in [0.1, 0.15) is 26.7 Å². The standard InChI is InChI=1S/C15H23N3O2/c1-4-5-10-18(3)11-15(20)17-14-8-6-13(7-9-14)16-12(2)19/h6-9H,4-5,10-11H2,1-3H3,(H,16,19)(H,17,20). The first-order chi connectivity index (χ1) is 9.51. The molecule has 0 atom stereocenters. The van der Waals surface area contributed by atoms with Gasteiger partial charge in [-0.1, -0.05) is 13.3 Å². The maximum Gasteiger partial charge on any atom is 0.238 e. The third-order valence-electron chi connectivity index (χ3n) is 2.80. The monoisotopic (exact) mass is 277 g/mol. The van der Waals surface area contributed by atoms with Gasteiger partial charge in [0.05, 0.1) is 6.54 Å². The fraction of sp³-hybridized carbons (Fsp3) is 0.467. The molecule has 1 aromatic rings. The molecular weight excluding hydrogens is 254 g/mol. The van der Waals surface area contributed by atoms with Crippen molar-refractivity contribution in [1.29, 1.82) is 0 Å². The molecule has 1 aromatic carbocycles. The van der Waals surface area contributed by atoms with Gasteiger partial charge in [-0.3, -0.25) is 14.5 Å². The van der Waals surface area contributed by atoms with Gasteiger partial charge in [-0.15, -0.1) is 0 Å². The number of nitrogens with zero attached hydrogens (tertiary/aromatic N) is 1. The predicted octanol–water partition coefficient (Wildman–Crippen LogP) is 2.32. The molecule has 0 aliphatic heterocycles. The molecule has 110 valence electrons. The average Bonchev–Trinajstić information content (AvgIpc) is 2.38. The van der Waals surface area contributed by atoms with E-state index in [0.29, 0.717) is 6.54 Å². The molecule has 5 nitrogen and oxygen atoms in total. The minimum atomic E-state index is -0.112. The van der Waals surface area contributed by atoms with Gasteiger partial charge in [0.15, 0.2) is 0 Å². The summed E-state index contributed by atoms with van der Waals surface area (Å²) in [5.41, 5.74) is 1.45. The highest BCUT2D eigenvalue weighted by Crippen LogP contribution is 2.13. The maximum absolute atomic E-state index is 11.8. The van der Waals surface area contributed by atoms with Crippen molar-refractivity contribution in [3.8, 4) is 0 Å². The number of likely N-dealkylation sites (N-methyl/N-ethyl adjacent to an activating group) is 1. The third kappa shape index (κ3) is 6.33. The van der Waals surface area contributed by atoms with Crippen molar-refractivity contribution < 1.29 is 9.59 Å². The molecule has 0 saturated carbocycles. The van der Waals surface area contributed by atoms with Crippen molar-refractivity contribution in [2.24, 2.45) is 0 Å². The lowest BCUT2D eigenvalue weighted by Gasteiger charge is -2.15. The molecule has 2 N–H and O–H groups in total. The number of benzene rings is 1. The highest BCUT2D eigenvalue weighted by Gasteiger charge is 2.06. The van der Waals surface area contributed by atoms with Crippen LogP contribution in [0.25, 0.3) is 0 Å². The summed E-state index contributed by atoms with van der Waals surface area (Å²) in [4.78, 5) is 24.7. The molecule has 1 rings (SSSR count). The molecule has 0 unspecified atom stereocenters. The van der Waals surface area contributed by atoms with E-state index >= 15 is 0 Å². The molecule has 0 spiro atoms. The lowest BCUT2D eigenvalue weighted by molar-refractivity contribution is -0.117. The quantitative estimate of drug-likeness (QED) is 0.804. The number of rotatable bonds is 7. The van der Waals surface area contributed by atoms with Crippen molar-refractivity contribution in [3.63, 3.8) is 0 Å². The van der Waals surface area contributed by atoms with Gasteiger partial charge in [0, 0.05) is 18.3 Å². The summed E-state index contributed by atoms with van der Waals surface area (Å²) in [5.74, 6) is -0.143. The third-order valence-corrected chi connectivity index (χ3v) is 2.80. The van der Waals surface area contributed by atoms with Crippen LogP contribution in [0.3, 0.4) is 0 Å². The van der Waals surface area contributed by atoms with E-state index in [1.54, 1.807) is 24.3 Å². The number of anilines is 2. The second-order valence-corrected chi connectivity index (χ2v) is 4.90. The molecular formula is C15H23N3O2. The predicted molar refractivity (Wildman–Crippen MR) is 81.8 cm³/mol. The fourth-order valence-corrected chi connectivity index (χ4v) is 1.79. The summed E-state index contributed by atoms with van der Waals surface area (Å²) in [6, 6.07) is 7.07. The van der Waals surface area contributed by atoms with Crippen molar-refractivity contribution >= 4 is 23.2 Å². The molecule has 0 radical (unpaired) electrons. The molecule has 0 aliphatic rings. The summed E-state index contributed by atoms with van der Waals surface area (Å²) in [7, 11) is 1.94. The van der Waals surface area contributed by atoms with Gasteiger partial charge in [-0.2, -0.15) is 0 Å². The first-order valence-corrected chi connectivity index (χ1v) is 6.87. The highest BCUT2D eigenvalue weighted by molar-refractivity contribution is 5.93. The second-order valence-electron chi connectivity index (χ2n) is 4.90. The zero-order valence-electron chi connectivity index (χ0n) is 12.4. The number of carbonyl (C=O) groups is 2. The summed E-state index contributed by atoms with van der Waals surface area (Å²) in [6.07, 6.45) is 2.21. The van der Waals surface area contributed by atoms with E-state index in [0.717, 1.165) is 30.8 Å². The summed E-state index contributed by atoms with van der Waals surface area (Å²) in [6.45, 7) is 4.89. The van der Waals surface area contributed by atoms with E-state index in [4.69, 9.17) is 0 Å². The lowest BCUT2D eigenvalue weighted by Crippen LogP contribution is -2.30. The minimum absolute atomic E-state index is 0.0316. The molecule has 20 heavy (non-hydrogen) atoms. The number of nitrogens with one attached hydrogen (secondary N) is 2. The number of amides is 2. The topological polar surface area (TPSA) is 61.4 Å². The molecule has 0 saturated heterocycles. The zero-order valence-corrected chi connectivity index (χ0v) is 12.4. The summed E-state index contributed by atoms with van der Waals surface area (Å²) < 4.78 is 0. The van der Waals surface area contributed by atoms with E-state index < -0.39 is 0 Å². The van der Waals surface area contributed by atoms with Crippen LogP contribution in [0.4, 0.5) is 11.4 Å². The first-order valence-electron chi connectivity index (χ1n) is 6.87. The van der Waals surface area contributed by atoms with Crippen molar-refractivity contribution in [2.75, 3.05) is 30.8 Å². The van der Waals surface area contributed by atoms with Gasteiger partial charge < -0.3 is 10.6 Å². The number of hydrogen-bond acceptors (Lipinski definition) is 3. The Morgan fingerprint density at radius 1 is 1.10 bits per heavy atom. The van der Waals surface area contributed by atoms with Gasteiger partial charge in [-0.05, 0) is 44.3 Å². The van der Waals surface area contributed by atoms with E-state index in [1.165, 1.54) is 6.92 Å². The Morgan fingerprint density at radius 3 is 2.15 bits per heavy atom. The van der Waals surface area contributed by atoms with Crippen molar-refractivity contribution in [3.05, 3.63) is 24.3 Å². The van der Waals surface area contributed by atoms with Gasteiger partial charge in [0.25, 0.3) is 0 Å². The molecule has 0 aromatic heterocycles. The summed E-state index contributed by atoms with van der Waals surface area (Å²) in [5, 5.41) is 5.52. The van der Waals surface area contributed by atoms with Crippen LogP contribution in [0.15, 0.2) is 24.3 Å². The zero-order chi connectivity index (χ0) is 15.0. The van der Waals surface area contributed by atoms with E-state index in [1.807, 2.05) is 11.9 Å². The Balaban J connectivity index is 2.43. The van der Waals surface area contributed by atoms with Crippen LogP contribution in [0.2, 0.25) is 0 Å². The molecule has 2 amide bonds. The van der Waals surface area contributed by atoms with Gasteiger partial charge in [0.2, 0.25) is 11.8 Å². The number of carbonyl (C=O) groups excluding carboxylic acids is 2. The fourth-order valence-electron chi connectivity index (χ4n) is 1.79. The van der Waals surface area contributed by atoms with Crippen molar-refractivity contribution in [1.82, 2.24) is 4.90 Å². The van der Waals surface area contributed by atoms with Crippen LogP contribution in [0, 0.1) is 0 Å². The Kier molecular flexibility index (Phi) is 6.73. The molecule has 0 heterocycles. The van der Waals surface area contributed by atoms with Gasteiger partial charge >= 0.3 is 0 Å². The van der Waals surface area contributed by atoms with Crippen LogP contribution in [-0.4, -0.2) is 36.9 Å². The highest BCUT2D eigenvalue weighted by atomic mass is 16.2. The van der Waals surface area contributed by atoms with E-state index in [-0.39, 0.29) is 11.8 Å². The molecule has 0 aliphatic carbocycles. The summed E-state index contributed by atoms with van der Waals surface area (Å²) >= 11 is 0. The number of hydrogen-bond donors (Lipinski definition) is 2. The smallest absolute Gasteiger partial charge is 0.238 e. The minimum Gasteiger partial charge on any atom is -0.326 e. The number of unbranched alkanes of at least 4 members (excludes halogenated alkanes) is 1. The van der Waals surface area contributed by atoms with Crippen LogP contribution in [0.5, 0.6) is 0 Å². The Hall–Kier alpha value is -1.88. The van der Waals surface area contributed by atoms with Gasteiger partial charge in [-0.25, -0.2) is 0 Å². The maximum atomic E-state index is 11.8. The van der Waals surface area contributed by atoms with Crippen molar-refractivity contribution in [2.45, 2.75) is 26.7 Å². The average molecular weight is 277 g/mol. The van der Waals surface area contributed by atoms with Crippen LogP contribution >= 0.6 is 0 Å². The molecule has 0 fully saturated rings. The Morgan fingerprint density at radius 2 is 1.65 bits per heavy atom.